The molecule has 0 radical (unpaired) electrons. The Balaban J connectivity index is 1.86. The smallest absolute Gasteiger partial charge is 0.166 e. The summed E-state index contributed by atoms with van der Waals surface area (Å²) in [6.45, 7) is 0. The minimum absolute atomic E-state index is 0.112. The zero-order chi connectivity index (χ0) is 12.5. The molecular weight excluding hydrogens is 227 g/mol. The van der Waals surface area contributed by atoms with E-state index >= 15 is 0 Å². The largest absolute Gasteiger partial charge is 0.294 e. The average molecular weight is 240 g/mol. The van der Waals surface area contributed by atoms with E-state index in [-0.39, 0.29) is 17.5 Å². The van der Waals surface area contributed by atoms with Gasteiger partial charge in [-0.2, -0.15) is 0 Å². The van der Waals surface area contributed by atoms with Crippen molar-refractivity contribution < 1.29 is 9.18 Å². The lowest BCUT2D eigenvalue weighted by atomic mass is 9.95. The van der Waals surface area contributed by atoms with Crippen molar-refractivity contribution in [3.05, 3.63) is 71.0 Å². The Kier molecular flexibility index (Phi) is 2.71. The first kappa shape index (κ1) is 11.1. The number of Topliss-reactive ketones (excluding diaryl/α,β-unsaturated/α-hetero) is 1. The minimum atomic E-state index is -0.221. The maximum atomic E-state index is 13.6. The van der Waals surface area contributed by atoms with Crippen molar-refractivity contribution in [2.45, 2.75) is 12.8 Å². The van der Waals surface area contributed by atoms with Crippen LogP contribution >= 0.6 is 0 Å². The van der Waals surface area contributed by atoms with Crippen molar-refractivity contribution in [2.75, 3.05) is 0 Å². The predicted octanol–water partition coefficient (Wildman–Crippen LogP) is 3.42. The van der Waals surface area contributed by atoms with E-state index in [4.69, 9.17) is 0 Å². The standard InChI is InChI=1S/C16H13FO/c17-15-8-4-2-6-12(15)10-13-9-11-5-1-3-7-14(11)16(13)18/h1-8,13H,9-10H2. The van der Waals surface area contributed by atoms with Gasteiger partial charge in [0.1, 0.15) is 5.82 Å². The van der Waals surface area contributed by atoms with E-state index < -0.39 is 0 Å². The van der Waals surface area contributed by atoms with Gasteiger partial charge in [0.25, 0.3) is 0 Å². The summed E-state index contributed by atoms with van der Waals surface area (Å²) in [5.41, 5.74) is 2.52. The summed E-state index contributed by atoms with van der Waals surface area (Å²) >= 11 is 0. The Morgan fingerprint density at radius 3 is 2.56 bits per heavy atom. The lowest BCUT2D eigenvalue weighted by Crippen LogP contribution is -2.13. The van der Waals surface area contributed by atoms with Gasteiger partial charge in [0.2, 0.25) is 0 Å². The first-order valence-electron chi connectivity index (χ1n) is 6.11. The maximum Gasteiger partial charge on any atom is 0.166 e. The number of hydrogen-bond acceptors (Lipinski definition) is 1. The van der Waals surface area contributed by atoms with Crippen molar-refractivity contribution in [3.8, 4) is 0 Å². The lowest BCUT2D eigenvalue weighted by molar-refractivity contribution is 0.0936. The van der Waals surface area contributed by atoms with E-state index in [2.05, 4.69) is 0 Å². The number of carbonyl (C=O) groups excluding carboxylic acids is 1. The molecule has 0 fully saturated rings. The molecule has 0 spiro atoms. The van der Waals surface area contributed by atoms with Gasteiger partial charge in [-0.15, -0.1) is 0 Å². The van der Waals surface area contributed by atoms with Gasteiger partial charge in [-0.1, -0.05) is 42.5 Å². The molecule has 0 saturated carbocycles. The quantitative estimate of drug-likeness (QED) is 0.786. The molecule has 2 aromatic carbocycles. The number of halogens is 1. The molecule has 3 rings (SSSR count). The second-order valence-corrected chi connectivity index (χ2v) is 4.72. The molecule has 0 N–H and O–H groups in total. The number of rotatable bonds is 2. The molecule has 0 aliphatic heterocycles. The van der Waals surface area contributed by atoms with Crippen molar-refractivity contribution in [1.82, 2.24) is 0 Å². The average Bonchev–Trinajstić information content (AvgIpc) is 2.70. The van der Waals surface area contributed by atoms with Crippen molar-refractivity contribution >= 4 is 5.78 Å². The Hall–Kier alpha value is -1.96. The molecular formula is C16H13FO. The van der Waals surface area contributed by atoms with Gasteiger partial charge < -0.3 is 0 Å². The van der Waals surface area contributed by atoms with E-state index in [1.54, 1.807) is 12.1 Å². The van der Waals surface area contributed by atoms with Gasteiger partial charge in [-0.25, -0.2) is 4.39 Å². The summed E-state index contributed by atoms with van der Waals surface area (Å²) in [6, 6.07) is 14.3. The SMILES string of the molecule is O=C1c2ccccc2CC1Cc1ccccc1F. The first-order valence-corrected chi connectivity index (χ1v) is 6.11. The molecule has 1 aliphatic rings. The number of ketones is 1. The van der Waals surface area contributed by atoms with Crippen LogP contribution in [-0.2, 0) is 12.8 Å². The summed E-state index contributed by atoms with van der Waals surface area (Å²) in [5, 5.41) is 0. The van der Waals surface area contributed by atoms with Gasteiger partial charge in [-0.3, -0.25) is 4.79 Å². The highest BCUT2D eigenvalue weighted by Crippen LogP contribution is 2.29. The zero-order valence-electron chi connectivity index (χ0n) is 9.90. The fourth-order valence-corrected chi connectivity index (χ4v) is 2.61. The van der Waals surface area contributed by atoms with Crippen LogP contribution in [0.5, 0.6) is 0 Å². The minimum Gasteiger partial charge on any atom is -0.294 e. The summed E-state index contributed by atoms with van der Waals surface area (Å²) in [5.74, 6) is -0.186. The highest BCUT2D eigenvalue weighted by atomic mass is 19.1. The molecule has 2 heteroatoms. The van der Waals surface area contributed by atoms with Crippen LogP contribution in [0.25, 0.3) is 0 Å². The molecule has 1 atom stereocenters. The Bertz CT molecular complexity index is 604. The van der Waals surface area contributed by atoms with Crippen LogP contribution in [0.3, 0.4) is 0 Å². The molecule has 0 heterocycles. The number of carbonyl (C=O) groups is 1. The number of hydrogen-bond donors (Lipinski definition) is 0. The van der Waals surface area contributed by atoms with E-state index in [1.807, 2.05) is 30.3 Å². The van der Waals surface area contributed by atoms with Crippen LogP contribution in [0.15, 0.2) is 48.5 Å². The van der Waals surface area contributed by atoms with Gasteiger partial charge in [0, 0.05) is 11.5 Å². The van der Waals surface area contributed by atoms with Crippen LogP contribution in [0.1, 0.15) is 21.5 Å². The van der Waals surface area contributed by atoms with Crippen molar-refractivity contribution in [2.24, 2.45) is 5.92 Å². The molecule has 90 valence electrons. The molecule has 0 saturated heterocycles. The molecule has 0 aromatic heterocycles. The third-order valence-electron chi connectivity index (χ3n) is 3.54. The van der Waals surface area contributed by atoms with Crippen molar-refractivity contribution in [3.63, 3.8) is 0 Å². The van der Waals surface area contributed by atoms with E-state index in [1.165, 1.54) is 6.07 Å². The molecule has 0 amide bonds. The second-order valence-electron chi connectivity index (χ2n) is 4.72. The number of fused-ring (bicyclic) bond motifs is 1. The molecule has 1 nitrogen and oxygen atoms in total. The van der Waals surface area contributed by atoms with Crippen LogP contribution in [0.4, 0.5) is 4.39 Å². The highest BCUT2D eigenvalue weighted by Gasteiger charge is 2.30. The van der Waals surface area contributed by atoms with E-state index in [0.717, 1.165) is 17.5 Å². The molecule has 1 unspecified atom stereocenters. The summed E-state index contributed by atoms with van der Waals surface area (Å²) in [4.78, 5) is 12.2. The third kappa shape index (κ3) is 1.84. The van der Waals surface area contributed by atoms with Crippen LogP contribution in [0.2, 0.25) is 0 Å². The Morgan fingerprint density at radius 2 is 1.78 bits per heavy atom. The van der Waals surface area contributed by atoms with Crippen LogP contribution in [-0.4, -0.2) is 5.78 Å². The van der Waals surface area contributed by atoms with Crippen molar-refractivity contribution in [1.29, 1.82) is 0 Å². The maximum absolute atomic E-state index is 13.6. The van der Waals surface area contributed by atoms with Gasteiger partial charge in [-0.05, 0) is 30.0 Å². The third-order valence-corrected chi connectivity index (χ3v) is 3.54. The van der Waals surface area contributed by atoms with E-state index in [0.29, 0.717) is 12.0 Å². The summed E-state index contributed by atoms with van der Waals surface area (Å²) in [7, 11) is 0. The molecule has 18 heavy (non-hydrogen) atoms. The first-order chi connectivity index (χ1) is 8.75. The van der Waals surface area contributed by atoms with Gasteiger partial charge in [0.15, 0.2) is 5.78 Å². The molecule has 2 aromatic rings. The number of benzene rings is 2. The van der Waals surface area contributed by atoms with Gasteiger partial charge in [0.05, 0.1) is 0 Å². The normalized spacial score (nSPS) is 17.8. The Morgan fingerprint density at radius 1 is 1.06 bits per heavy atom. The summed E-state index contributed by atoms with van der Waals surface area (Å²) < 4.78 is 13.6. The lowest BCUT2D eigenvalue weighted by Gasteiger charge is -2.08. The summed E-state index contributed by atoms with van der Waals surface area (Å²) in [6.07, 6.45) is 1.21. The monoisotopic (exact) mass is 240 g/mol. The van der Waals surface area contributed by atoms with Crippen LogP contribution in [0, 0.1) is 11.7 Å². The van der Waals surface area contributed by atoms with E-state index in [9.17, 15) is 9.18 Å². The molecule has 1 aliphatic carbocycles. The fraction of sp³-hybridized carbons (Fsp3) is 0.188. The highest BCUT2D eigenvalue weighted by molar-refractivity contribution is 6.02. The predicted molar refractivity (Wildman–Crippen MR) is 68.1 cm³/mol. The van der Waals surface area contributed by atoms with Crippen LogP contribution < -0.4 is 0 Å². The zero-order valence-corrected chi connectivity index (χ0v) is 9.90. The van der Waals surface area contributed by atoms with Gasteiger partial charge >= 0.3 is 0 Å². The molecule has 0 bridgehead atoms. The Labute approximate surface area is 105 Å². The fourth-order valence-electron chi connectivity index (χ4n) is 2.61. The topological polar surface area (TPSA) is 17.1 Å². The second kappa shape index (κ2) is 4.37.